The second kappa shape index (κ2) is 10.9. The third kappa shape index (κ3) is 5.43. The van der Waals surface area contributed by atoms with Crippen molar-refractivity contribution in [1.82, 2.24) is 8.61 Å². The normalized spacial score (nSPS) is 15.3. The van der Waals surface area contributed by atoms with Crippen molar-refractivity contribution in [2.45, 2.75) is 42.9 Å². The molecule has 0 aromatic heterocycles. The first-order chi connectivity index (χ1) is 16.1. The minimum Gasteiger partial charge on any atom is -0.496 e. The lowest BCUT2D eigenvalue weighted by atomic mass is 10.2. The fourth-order valence-electron chi connectivity index (χ4n) is 3.90. The highest BCUT2D eigenvalue weighted by Gasteiger charge is 2.28. The highest BCUT2D eigenvalue weighted by Crippen LogP contribution is 2.27. The maximum Gasteiger partial charge on any atom is 0.259 e. The number of nitrogens with one attached hydrogen (secondary N) is 1. The SMILES string of the molecule is CCN(CC)S(=O)(=O)c1ccc(NC(=O)c2cc(S(=O)(=O)N3CCCCC3)ccc2OC)cc1. The van der Waals surface area contributed by atoms with E-state index in [0.29, 0.717) is 31.9 Å². The van der Waals surface area contributed by atoms with Gasteiger partial charge in [-0.2, -0.15) is 8.61 Å². The van der Waals surface area contributed by atoms with Gasteiger partial charge in [0.05, 0.1) is 22.5 Å². The standard InChI is InChI=1S/C23H31N3O6S2/c1-4-25(5-2)33(28,29)19-11-9-18(10-12-19)24-23(27)21-17-20(13-14-22(21)32-3)34(30,31)26-15-7-6-8-16-26/h9-14,17H,4-8,15-16H2,1-3H3,(H,24,27). The molecule has 0 spiro atoms. The number of ether oxygens (including phenoxy) is 1. The molecule has 34 heavy (non-hydrogen) atoms. The highest BCUT2D eigenvalue weighted by atomic mass is 32.2. The van der Waals surface area contributed by atoms with Crippen LogP contribution in [0.15, 0.2) is 52.3 Å². The van der Waals surface area contributed by atoms with E-state index in [0.717, 1.165) is 19.3 Å². The molecule has 0 atom stereocenters. The van der Waals surface area contributed by atoms with Crippen molar-refractivity contribution in [2.75, 3.05) is 38.6 Å². The molecule has 1 fully saturated rings. The van der Waals surface area contributed by atoms with Crippen LogP contribution in [0.3, 0.4) is 0 Å². The molecule has 2 aromatic rings. The molecule has 1 amide bonds. The Hall–Kier alpha value is -2.47. The summed E-state index contributed by atoms with van der Waals surface area (Å²) < 4.78 is 59.5. The van der Waals surface area contributed by atoms with Crippen molar-refractivity contribution in [1.29, 1.82) is 0 Å². The van der Waals surface area contributed by atoms with E-state index in [1.54, 1.807) is 13.8 Å². The van der Waals surface area contributed by atoms with Crippen LogP contribution in [-0.4, -0.2) is 64.6 Å². The molecule has 0 saturated carbocycles. The first-order valence-corrected chi connectivity index (χ1v) is 14.1. The Balaban J connectivity index is 1.85. The van der Waals surface area contributed by atoms with Gasteiger partial charge >= 0.3 is 0 Å². The number of benzene rings is 2. The molecule has 186 valence electrons. The van der Waals surface area contributed by atoms with Crippen LogP contribution in [0.4, 0.5) is 5.69 Å². The Bertz CT molecular complexity index is 1220. The van der Waals surface area contributed by atoms with E-state index in [4.69, 9.17) is 4.74 Å². The fourth-order valence-corrected chi connectivity index (χ4v) is 6.90. The second-order valence-electron chi connectivity index (χ2n) is 7.89. The van der Waals surface area contributed by atoms with Gasteiger partial charge in [0, 0.05) is 31.9 Å². The summed E-state index contributed by atoms with van der Waals surface area (Å²) in [7, 11) is -5.94. The quantitative estimate of drug-likeness (QED) is 0.556. The Labute approximate surface area is 201 Å². The van der Waals surface area contributed by atoms with Gasteiger partial charge in [-0.3, -0.25) is 4.79 Å². The van der Waals surface area contributed by atoms with Crippen molar-refractivity contribution < 1.29 is 26.4 Å². The summed E-state index contributed by atoms with van der Waals surface area (Å²) in [5, 5.41) is 2.69. The smallest absolute Gasteiger partial charge is 0.259 e. The van der Waals surface area contributed by atoms with E-state index in [1.807, 2.05) is 0 Å². The predicted molar refractivity (Wildman–Crippen MR) is 130 cm³/mol. The maximum atomic E-state index is 13.0. The number of hydrogen-bond donors (Lipinski definition) is 1. The van der Waals surface area contributed by atoms with Crippen LogP contribution in [0.5, 0.6) is 5.75 Å². The average molecular weight is 510 g/mol. The molecule has 0 radical (unpaired) electrons. The topological polar surface area (TPSA) is 113 Å². The summed E-state index contributed by atoms with van der Waals surface area (Å²) in [6, 6.07) is 10.1. The van der Waals surface area contributed by atoms with Gasteiger partial charge in [-0.05, 0) is 55.3 Å². The lowest BCUT2D eigenvalue weighted by molar-refractivity contribution is 0.102. The molecule has 2 aromatic carbocycles. The number of carbonyl (C=O) groups excluding carboxylic acids is 1. The molecule has 1 saturated heterocycles. The summed E-state index contributed by atoms with van der Waals surface area (Å²) in [5.41, 5.74) is 0.440. The number of methoxy groups -OCH3 is 1. The van der Waals surface area contributed by atoms with E-state index in [-0.39, 0.29) is 21.1 Å². The maximum absolute atomic E-state index is 13.0. The van der Waals surface area contributed by atoms with Crippen LogP contribution in [0, 0.1) is 0 Å². The monoisotopic (exact) mass is 509 g/mol. The van der Waals surface area contributed by atoms with Crippen LogP contribution in [0.1, 0.15) is 43.5 Å². The van der Waals surface area contributed by atoms with E-state index < -0.39 is 26.0 Å². The molecule has 1 aliphatic heterocycles. The van der Waals surface area contributed by atoms with Crippen LogP contribution >= 0.6 is 0 Å². The Morgan fingerprint density at radius 2 is 1.53 bits per heavy atom. The second-order valence-corrected chi connectivity index (χ2v) is 11.8. The molecular formula is C23H31N3O6S2. The Morgan fingerprint density at radius 1 is 0.941 bits per heavy atom. The van der Waals surface area contributed by atoms with Gasteiger partial charge in [0.15, 0.2) is 0 Å². The molecule has 1 N–H and O–H groups in total. The number of rotatable bonds is 9. The first kappa shape index (κ1) is 26.1. The number of amides is 1. The molecule has 0 bridgehead atoms. The zero-order chi connectivity index (χ0) is 24.9. The third-order valence-corrected chi connectivity index (χ3v) is 9.78. The summed E-state index contributed by atoms with van der Waals surface area (Å²) >= 11 is 0. The van der Waals surface area contributed by atoms with Crippen molar-refractivity contribution in [3.63, 3.8) is 0 Å². The van der Waals surface area contributed by atoms with Gasteiger partial charge < -0.3 is 10.1 Å². The van der Waals surface area contributed by atoms with E-state index in [1.165, 1.54) is 58.2 Å². The van der Waals surface area contributed by atoms with Gasteiger partial charge in [-0.1, -0.05) is 20.3 Å². The van der Waals surface area contributed by atoms with Crippen molar-refractivity contribution in [3.05, 3.63) is 48.0 Å². The summed E-state index contributed by atoms with van der Waals surface area (Å²) in [6.07, 6.45) is 2.61. The van der Waals surface area contributed by atoms with Crippen molar-refractivity contribution in [3.8, 4) is 5.75 Å². The van der Waals surface area contributed by atoms with Crippen molar-refractivity contribution >= 4 is 31.6 Å². The predicted octanol–water partition coefficient (Wildman–Crippen LogP) is 3.15. The van der Waals surface area contributed by atoms with Gasteiger partial charge in [0.25, 0.3) is 5.91 Å². The number of nitrogens with zero attached hydrogens (tertiary/aromatic N) is 2. The summed E-state index contributed by atoms with van der Waals surface area (Å²) in [6.45, 7) is 5.16. The van der Waals surface area contributed by atoms with E-state index in [2.05, 4.69) is 5.32 Å². The lowest BCUT2D eigenvalue weighted by Gasteiger charge is -2.26. The first-order valence-electron chi connectivity index (χ1n) is 11.2. The molecule has 0 aliphatic carbocycles. The number of anilines is 1. The van der Waals surface area contributed by atoms with Gasteiger partial charge in [0.2, 0.25) is 20.0 Å². The zero-order valence-electron chi connectivity index (χ0n) is 19.7. The van der Waals surface area contributed by atoms with Gasteiger partial charge in [-0.25, -0.2) is 16.8 Å². The minimum atomic E-state index is -3.72. The van der Waals surface area contributed by atoms with Crippen LogP contribution in [0.2, 0.25) is 0 Å². The largest absolute Gasteiger partial charge is 0.496 e. The number of carbonyl (C=O) groups is 1. The van der Waals surface area contributed by atoms with Crippen LogP contribution < -0.4 is 10.1 Å². The Kier molecular flexibility index (Phi) is 8.34. The van der Waals surface area contributed by atoms with Crippen LogP contribution in [-0.2, 0) is 20.0 Å². The molecule has 11 heteroatoms. The lowest BCUT2D eigenvalue weighted by Crippen LogP contribution is -2.35. The average Bonchev–Trinajstić information content (AvgIpc) is 2.85. The molecule has 0 unspecified atom stereocenters. The summed E-state index contributed by atoms with van der Waals surface area (Å²) in [4.78, 5) is 13.2. The van der Waals surface area contributed by atoms with Crippen LogP contribution in [0.25, 0.3) is 0 Å². The van der Waals surface area contributed by atoms with E-state index in [9.17, 15) is 21.6 Å². The number of hydrogen-bond acceptors (Lipinski definition) is 6. The zero-order valence-corrected chi connectivity index (χ0v) is 21.3. The molecule has 1 aliphatic rings. The molecule has 1 heterocycles. The van der Waals surface area contributed by atoms with Gasteiger partial charge in [0.1, 0.15) is 5.75 Å². The number of sulfonamides is 2. The third-order valence-electron chi connectivity index (χ3n) is 5.82. The Morgan fingerprint density at radius 3 is 2.09 bits per heavy atom. The molecular weight excluding hydrogens is 478 g/mol. The number of piperidine rings is 1. The molecule has 3 rings (SSSR count). The molecule has 9 nitrogen and oxygen atoms in total. The van der Waals surface area contributed by atoms with Gasteiger partial charge in [-0.15, -0.1) is 0 Å². The fraction of sp³-hybridized carbons (Fsp3) is 0.435. The van der Waals surface area contributed by atoms with Crippen molar-refractivity contribution in [2.24, 2.45) is 0 Å². The minimum absolute atomic E-state index is 0.0287. The van der Waals surface area contributed by atoms with E-state index >= 15 is 0 Å². The summed E-state index contributed by atoms with van der Waals surface area (Å²) in [5.74, 6) is -0.331. The highest BCUT2D eigenvalue weighted by molar-refractivity contribution is 7.89.